The molecule has 1 aliphatic rings. The molecule has 0 bridgehead atoms. The summed E-state index contributed by atoms with van der Waals surface area (Å²) in [4.78, 5) is 0. The second-order valence-electron chi connectivity index (χ2n) is 1.62. The monoisotopic (exact) mass is 114 g/mol. The molecule has 44 valence electrons. The molecule has 1 fully saturated rings. The summed E-state index contributed by atoms with van der Waals surface area (Å²) in [6.07, 6.45) is -0.495. The summed E-state index contributed by atoms with van der Waals surface area (Å²) < 4.78 is 9.63. The van der Waals surface area contributed by atoms with E-state index in [1.54, 1.807) is 0 Å². The number of hydrogen-bond acceptors (Lipinski definition) is 3. The Morgan fingerprint density at radius 1 is 1.75 bits per heavy atom. The van der Waals surface area contributed by atoms with Crippen LogP contribution in [0.15, 0.2) is 0 Å². The van der Waals surface area contributed by atoms with Crippen molar-refractivity contribution in [1.29, 1.82) is 0 Å². The molecule has 2 radical (unpaired) electrons. The van der Waals surface area contributed by atoms with Gasteiger partial charge in [0.1, 0.15) is 7.85 Å². The van der Waals surface area contributed by atoms with Crippen LogP contribution in [0, 0.1) is 0 Å². The fraction of sp³-hybridized carbons (Fsp3) is 1.00. The van der Waals surface area contributed by atoms with E-state index >= 15 is 0 Å². The maximum absolute atomic E-state index is 8.38. The van der Waals surface area contributed by atoms with E-state index in [9.17, 15) is 0 Å². The van der Waals surface area contributed by atoms with Crippen LogP contribution < -0.4 is 0 Å². The molecule has 0 aromatic rings. The van der Waals surface area contributed by atoms with Crippen molar-refractivity contribution in [3.63, 3.8) is 0 Å². The highest BCUT2D eigenvalue weighted by Gasteiger charge is 2.20. The number of aliphatic hydroxyl groups excluding tert-OH is 1. The molecule has 1 saturated heterocycles. The van der Waals surface area contributed by atoms with Crippen molar-refractivity contribution in [2.45, 2.75) is 12.3 Å². The highest BCUT2D eigenvalue weighted by molar-refractivity contribution is 6.11. The van der Waals surface area contributed by atoms with Crippen molar-refractivity contribution in [1.82, 2.24) is 0 Å². The van der Waals surface area contributed by atoms with Gasteiger partial charge in [0.05, 0.1) is 13.2 Å². The lowest BCUT2D eigenvalue weighted by Crippen LogP contribution is -2.15. The molecule has 1 heterocycles. The molecule has 0 spiro atoms. The lowest BCUT2D eigenvalue weighted by Gasteiger charge is -2.03. The lowest BCUT2D eigenvalue weighted by atomic mass is 10.0. The summed E-state index contributed by atoms with van der Waals surface area (Å²) in [5.41, 5.74) is 0. The molecule has 1 N–H and O–H groups in total. The Morgan fingerprint density at radius 3 is 2.75 bits per heavy atom. The van der Waals surface area contributed by atoms with Crippen molar-refractivity contribution < 1.29 is 14.6 Å². The van der Waals surface area contributed by atoms with E-state index < -0.39 is 6.29 Å². The van der Waals surface area contributed by atoms with Gasteiger partial charge in [-0.05, 0) is 0 Å². The standard InChI is InChI=1S/C4H7BO3/c5-3-2-7-4(1-6)8-3/h3-4,6H,1-2H2. The minimum atomic E-state index is -0.495. The van der Waals surface area contributed by atoms with Crippen molar-refractivity contribution >= 4 is 7.85 Å². The SMILES string of the molecule is [B]C1COC(CO)O1. The smallest absolute Gasteiger partial charge is 0.180 e. The number of aliphatic hydroxyl groups is 1. The van der Waals surface area contributed by atoms with Gasteiger partial charge < -0.3 is 14.6 Å². The fourth-order valence-corrected chi connectivity index (χ4v) is 0.571. The first kappa shape index (κ1) is 6.07. The molecular formula is C4H7BO3. The predicted octanol–water partition coefficient (Wildman–Crippen LogP) is -1.15. The molecule has 0 saturated carbocycles. The Balaban J connectivity index is 2.22. The molecule has 1 rings (SSSR count). The summed E-state index contributed by atoms with van der Waals surface area (Å²) in [5.74, 6) is 0. The Labute approximate surface area is 49.0 Å². The van der Waals surface area contributed by atoms with Crippen LogP contribution in [0.5, 0.6) is 0 Å². The summed E-state index contributed by atoms with van der Waals surface area (Å²) in [5, 5.41) is 8.38. The molecule has 0 aromatic carbocycles. The predicted molar refractivity (Wildman–Crippen MR) is 27.5 cm³/mol. The Bertz CT molecular complexity index is 77.7. The van der Waals surface area contributed by atoms with E-state index in [1.165, 1.54) is 0 Å². The molecule has 4 heteroatoms. The zero-order valence-electron chi connectivity index (χ0n) is 4.41. The minimum Gasteiger partial charge on any atom is -0.391 e. The van der Waals surface area contributed by atoms with E-state index in [-0.39, 0.29) is 12.6 Å². The Hall–Kier alpha value is -0.0551. The van der Waals surface area contributed by atoms with E-state index in [0.29, 0.717) is 6.61 Å². The van der Waals surface area contributed by atoms with Gasteiger partial charge >= 0.3 is 0 Å². The summed E-state index contributed by atoms with van der Waals surface area (Å²) in [7, 11) is 5.24. The van der Waals surface area contributed by atoms with Crippen LogP contribution >= 0.6 is 0 Å². The van der Waals surface area contributed by atoms with Crippen molar-refractivity contribution in [3.8, 4) is 0 Å². The molecule has 8 heavy (non-hydrogen) atoms. The topological polar surface area (TPSA) is 38.7 Å². The molecular weight excluding hydrogens is 107 g/mol. The first-order valence-electron chi connectivity index (χ1n) is 2.46. The molecule has 2 atom stereocenters. The highest BCUT2D eigenvalue weighted by Crippen LogP contribution is 2.06. The van der Waals surface area contributed by atoms with Crippen molar-refractivity contribution in [2.75, 3.05) is 13.2 Å². The number of hydrogen-bond donors (Lipinski definition) is 1. The van der Waals surface area contributed by atoms with Gasteiger partial charge in [-0.25, -0.2) is 0 Å². The first-order valence-corrected chi connectivity index (χ1v) is 2.46. The van der Waals surface area contributed by atoms with Crippen molar-refractivity contribution in [2.24, 2.45) is 0 Å². The van der Waals surface area contributed by atoms with Crippen LogP contribution in [-0.2, 0) is 9.47 Å². The second-order valence-corrected chi connectivity index (χ2v) is 1.62. The average molecular weight is 114 g/mol. The van der Waals surface area contributed by atoms with E-state index in [4.69, 9.17) is 22.4 Å². The highest BCUT2D eigenvalue weighted by atomic mass is 16.7. The van der Waals surface area contributed by atoms with Crippen LogP contribution in [0.1, 0.15) is 0 Å². The molecule has 1 aliphatic heterocycles. The van der Waals surface area contributed by atoms with Crippen LogP contribution in [0.2, 0.25) is 0 Å². The van der Waals surface area contributed by atoms with Gasteiger partial charge in [-0.3, -0.25) is 0 Å². The molecule has 0 aromatic heterocycles. The van der Waals surface area contributed by atoms with Crippen molar-refractivity contribution in [3.05, 3.63) is 0 Å². The maximum atomic E-state index is 8.38. The molecule has 0 amide bonds. The summed E-state index contributed by atoms with van der Waals surface area (Å²) >= 11 is 0. The number of rotatable bonds is 1. The zero-order chi connectivity index (χ0) is 5.98. The Kier molecular flexibility index (Phi) is 1.88. The van der Waals surface area contributed by atoms with Gasteiger partial charge in [-0.2, -0.15) is 0 Å². The summed E-state index contributed by atoms with van der Waals surface area (Å²) in [6, 6.07) is -0.354. The van der Waals surface area contributed by atoms with Gasteiger partial charge in [0.25, 0.3) is 0 Å². The van der Waals surface area contributed by atoms with E-state index in [0.717, 1.165) is 0 Å². The third-order valence-electron chi connectivity index (χ3n) is 0.922. The van der Waals surface area contributed by atoms with Gasteiger partial charge in [0.15, 0.2) is 6.29 Å². The van der Waals surface area contributed by atoms with E-state index in [2.05, 4.69) is 0 Å². The zero-order valence-corrected chi connectivity index (χ0v) is 4.41. The van der Waals surface area contributed by atoms with E-state index in [1.807, 2.05) is 0 Å². The fourth-order valence-electron chi connectivity index (χ4n) is 0.571. The lowest BCUT2D eigenvalue weighted by molar-refractivity contribution is -0.0789. The third kappa shape index (κ3) is 1.21. The molecule has 2 unspecified atom stereocenters. The van der Waals surface area contributed by atoms with Crippen LogP contribution in [0.3, 0.4) is 0 Å². The molecule has 3 nitrogen and oxygen atoms in total. The quantitative estimate of drug-likeness (QED) is 0.437. The van der Waals surface area contributed by atoms with Crippen LogP contribution in [0.25, 0.3) is 0 Å². The first-order chi connectivity index (χ1) is 3.83. The van der Waals surface area contributed by atoms with Gasteiger partial charge in [-0.15, -0.1) is 0 Å². The van der Waals surface area contributed by atoms with Gasteiger partial charge in [-0.1, -0.05) is 0 Å². The largest absolute Gasteiger partial charge is 0.391 e. The normalized spacial score (nSPS) is 38.1. The minimum absolute atomic E-state index is 0.117. The Morgan fingerprint density at radius 2 is 2.50 bits per heavy atom. The number of ether oxygens (including phenoxy) is 2. The average Bonchev–Trinajstić information content (AvgIpc) is 2.14. The molecule has 0 aliphatic carbocycles. The maximum Gasteiger partial charge on any atom is 0.180 e. The third-order valence-corrected chi connectivity index (χ3v) is 0.922. The van der Waals surface area contributed by atoms with Crippen LogP contribution in [0.4, 0.5) is 0 Å². The summed E-state index contributed by atoms with van der Waals surface area (Å²) in [6.45, 7) is 0.263. The van der Waals surface area contributed by atoms with Gasteiger partial charge in [0.2, 0.25) is 0 Å². The van der Waals surface area contributed by atoms with Gasteiger partial charge in [0, 0.05) is 6.00 Å². The second kappa shape index (κ2) is 2.48. The van der Waals surface area contributed by atoms with Crippen LogP contribution in [-0.4, -0.2) is 38.5 Å².